The van der Waals surface area contributed by atoms with E-state index in [9.17, 15) is 19.2 Å². The van der Waals surface area contributed by atoms with Gasteiger partial charge in [0.25, 0.3) is 0 Å². The number of likely N-dealkylation sites (tertiary alicyclic amines) is 1. The molecule has 0 aliphatic carbocycles. The maximum Gasteiger partial charge on any atom is 0.242 e. The molecule has 4 amide bonds. The largest absolute Gasteiger partial charge is 0.379 e. The lowest BCUT2D eigenvalue weighted by Gasteiger charge is -2.39. The first-order valence-electron chi connectivity index (χ1n) is 19.8. The summed E-state index contributed by atoms with van der Waals surface area (Å²) in [5.41, 5.74) is 6.78. The summed E-state index contributed by atoms with van der Waals surface area (Å²) < 4.78 is 12.0. The highest BCUT2D eigenvalue weighted by Gasteiger charge is 2.42. The van der Waals surface area contributed by atoms with Gasteiger partial charge in [0.05, 0.1) is 55.3 Å². The molecular formula is C41H67N7O6S. The highest BCUT2D eigenvalue weighted by Crippen LogP contribution is 2.30. The van der Waals surface area contributed by atoms with Crippen molar-refractivity contribution in [3.05, 3.63) is 52.5 Å². The van der Waals surface area contributed by atoms with Gasteiger partial charge in [0.2, 0.25) is 23.6 Å². The first-order valence-corrected chi connectivity index (χ1v) is 20.7. The predicted octanol–water partition coefficient (Wildman–Crippen LogP) is 3.88. The Kier molecular flexibility index (Phi) is 19.2. The number of carbonyl (C=O) groups excluding carboxylic acids is 4. The lowest BCUT2D eigenvalue weighted by molar-refractivity contribution is -0.146. The number of ether oxygens (including phenoxy) is 2. The van der Waals surface area contributed by atoms with Gasteiger partial charge < -0.3 is 35.6 Å². The van der Waals surface area contributed by atoms with Crippen LogP contribution in [0.3, 0.4) is 0 Å². The van der Waals surface area contributed by atoms with Gasteiger partial charge in [0.15, 0.2) is 0 Å². The van der Waals surface area contributed by atoms with Crippen molar-refractivity contribution >= 4 is 35.0 Å². The minimum atomic E-state index is -0.599. The van der Waals surface area contributed by atoms with Crippen LogP contribution >= 0.6 is 11.3 Å². The van der Waals surface area contributed by atoms with Crippen molar-refractivity contribution in [3.8, 4) is 0 Å². The first-order chi connectivity index (χ1) is 26.3. The molecule has 1 saturated heterocycles. The summed E-state index contributed by atoms with van der Waals surface area (Å²) >= 11 is 1.50. The number of methoxy groups -OCH3 is 2. The molecule has 0 saturated carbocycles. The average Bonchev–Trinajstić information content (AvgIpc) is 3.89. The second kappa shape index (κ2) is 23.0. The zero-order chi connectivity index (χ0) is 40.7. The average molecular weight is 786 g/mol. The zero-order valence-electron chi connectivity index (χ0n) is 34.5. The number of nitrogens with two attached hydrogens (primary N) is 1. The van der Waals surface area contributed by atoms with Crippen molar-refractivity contribution in [2.75, 3.05) is 54.5 Å². The molecule has 1 aliphatic heterocycles. The number of hydrogen-bond acceptors (Lipinski definition) is 10. The van der Waals surface area contributed by atoms with Crippen LogP contribution in [0.2, 0.25) is 0 Å². The Morgan fingerprint density at radius 2 is 1.76 bits per heavy atom. The highest BCUT2D eigenvalue weighted by molar-refractivity contribution is 7.09. The van der Waals surface area contributed by atoms with Gasteiger partial charge in [-0.25, -0.2) is 4.98 Å². The molecule has 8 atom stereocenters. The van der Waals surface area contributed by atoms with E-state index >= 15 is 0 Å². The smallest absolute Gasteiger partial charge is 0.242 e. The summed E-state index contributed by atoms with van der Waals surface area (Å²) in [5.74, 6) is -1.26. The van der Waals surface area contributed by atoms with Crippen LogP contribution in [0.4, 0.5) is 0 Å². The SMILES string of the molecule is CCC(C)C(C(CC(=O)N1CCCC1C(OC)[C@@H](C)C(=O)NC(Cc1ccccc1)c1nccs1)OC)N(C)C(=O)CNC(=O)C(C(C)C)N(C)CCCN. The highest BCUT2D eigenvalue weighted by atomic mass is 32.1. The lowest BCUT2D eigenvalue weighted by atomic mass is 9.90. The van der Waals surface area contributed by atoms with Gasteiger partial charge in [-0.3, -0.25) is 24.1 Å². The molecule has 1 aliphatic rings. The molecule has 0 spiro atoms. The number of hydrogen-bond donors (Lipinski definition) is 3. The molecule has 4 N–H and O–H groups in total. The second-order valence-corrected chi connectivity index (χ2v) is 16.2. The molecule has 0 bridgehead atoms. The van der Waals surface area contributed by atoms with Crippen LogP contribution in [-0.4, -0.2) is 128 Å². The standard InChI is InChI=1S/C41H67N7O6S/c1-10-28(4)37(47(7)35(50)26-44-40(52)36(27(2)3)46(6)21-15-19-42)33(53-8)25-34(49)48-22-14-18-32(48)38(54-9)29(5)39(51)45-31(41-43-20-23-55-41)24-30-16-12-11-13-17-30/h11-13,16-17,20,23,27-29,31-33,36-38H,10,14-15,18-19,21-22,24-26,42H2,1-9H3,(H,44,52)(H,45,51)/t28?,29-,31?,32?,33?,36?,37?,38?/m1/s1. The molecule has 0 radical (unpaired) electrons. The van der Waals surface area contributed by atoms with E-state index in [2.05, 4.69) is 15.6 Å². The number of aromatic nitrogens is 1. The van der Waals surface area contributed by atoms with E-state index in [1.807, 2.05) is 87.2 Å². The summed E-state index contributed by atoms with van der Waals surface area (Å²) in [4.78, 5) is 64.9. The van der Waals surface area contributed by atoms with Gasteiger partial charge in [0, 0.05) is 39.4 Å². The Labute approximate surface area is 333 Å². The molecule has 2 heterocycles. The number of amides is 4. The van der Waals surface area contributed by atoms with E-state index in [0.29, 0.717) is 32.5 Å². The van der Waals surface area contributed by atoms with Crippen molar-refractivity contribution in [3.63, 3.8) is 0 Å². The Morgan fingerprint density at radius 3 is 2.35 bits per heavy atom. The minimum Gasteiger partial charge on any atom is -0.379 e. The van der Waals surface area contributed by atoms with E-state index in [-0.39, 0.29) is 60.5 Å². The Hall–Kier alpha value is -3.43. The molecular weight excluding hydrogens is 719 g/mol. The first kappa shape index (κ1) is 46.0. The molecule has 7 unspecified atom stereocenters. The zero-order valence-corrected chi connectivity index (χ0v) is 35.3. The topological polar surface area (TPSA) is 159 Å². The van der Waals surface area contributed by atoms with Gasteiger partial charge in [0.1, 0.15) is 5.01 Å². The fourth-order valence-corrected chi connectivity index (χ4v) is 8.66. The van der Waals surface area contributed by atoms with Crippen LogP contribution in [0.1, 0.15) is 83.3 Å². The Morgan fingerprint density at radius 1 is 1.05 bits per heavy atom. The Bertz CT molecular complexity index is 1460. The number of benzene rings is 1. The summed E-state index contributed by atoms with van der Waals surface area (Å²) in [6.07, 6.45) is 4.25. The van der Waals surface area contributed by atoms with Crippen molar-refractivity contribution < 1.29 is 28.7 Å². The number of nitrogens with zero attached hydrogens (tertiary/aromatic N) is 4. The normalized spacial score (nSPS) is 18.3. The quantitative estimate of drug-likeness (QED) is 0.152. The summed E-state index contributed by atoms with van der Waals surface area (Å²) in [6.45, 7) is 11.5. The van der Waals surface area contributed by atoms with Crippen LogP contribution in [0.15, 0.2) is 41.9 Å². The summed E-state index contributed by atoms with van der Waals surface area (Å²) in [6, 6.07) is 8.57. The summed E-state index contributed by atoms with van der Waals surface area (Å²) in [5, 5.41) is 8.82. The number of nitrogens with one attached hydrogen (secondary N) is 2. The molecule has 1 aromatic carbocycles. The monoisotopic (exact) mass is 785 g/mol. The van der Waals surface area contributed by atoms with E-state index < -0.39 is 30.2 Å². The molecule has 3 rings (SSSR count). The second-order valence-electron chi connectivity index (χ2n) is 15.3. The van der Waals surface area contributed by atoms with Gasteiger partial charge in [-0.1, -0.05) is 71.4 Å². The number of carbonyl (C=O) groups is 4. The third-order valence-corrected chi connectivity index (χ3v) is 12.0. The van der Waals surface area contributed by atoms with Gasteiger partial charge in [-0.2, -0.15) is 0 Å². The number of thiazole rings is 1. The third-order valence-electron chi connectivity index (χ3n) is 11.2. The summed E-state index contributed by atoms with van der Waals surface area (Å²) in [7, 11) is 6.77. The maximum absolute atomic E-state index is 14.2. The molecule has 14 heteroatoms. The van der Waals surface area contributed by atoms with E-state index in [1.54, 1.807) is 32.4 Å². The molecule has 1 aromatic heterocycles. The van der Waals surface area contributed by atoms with Crippen molar-refractivity contribution in [2.24, 2.45) is 23.5 Å². The van der Waals surface area contributed by atoms with Crippen molar-refractivity contribution in [2.45, 2.75) is 110 Å². The molecule has 1 fully saturated rings. The van der Waals surface area contributed by atoms with Crippen LogP contribution in [-0.2, 0) is 35.1 Å². The van der Waals surface area contributed by atoms with Crippen molar-refractivity contribution in [1.29, 1.82) is 0 Å². The van der Waals surface area contributed by atoms with Gasteiger partial charge >= 0.3 is 0 Å². The van der Waals surface area contributed by atoms with Crippen LogP contribution in [0.5, 0.6) is 0 Å². The molecule has 55 heavy (non-hydrogen) atoms. The van der Waals surface area contributed by atoms with Crippen LogP contribution in [0, 0.1) is 17.8 Å². The third kappa shape index (κ3) is 12.8. The number of likely N-dealkylation sites (N-methyl/N-ethyl adjacent to an activating group) is 2. The van der Waals surface area contributed by atoms with E-state index in [1.165, 1.54) is 11.3 Å². The van der Waals surface area contributed by atoms with Crippen molar-refractivity contribution in [1.82, 2.24) is 30.3 Å². The Balaban J connectivity index is 1.71. The van der Waals surface area contributed by atoms with E-state index in [0.717, 1.165) is 29.8 Å². The van der Waals surface area contributed by atoms with Crippen LogP contribution in [0.25, 0.3) is 0 Å². The van der Waals surface area contributed by atoms with Gasteiger partial charge in [-0.05, 0) is 63.2 Å². The van der Waals surface area contributed by atoms with E-state index in [4.69, 9.17) is 15.2 Å². The fraction of sp³-hybridized carbons (Fsp3) is 0.683. The van der Waals surface area contributed by atoms with Gasteiger partial charge in [-0.15, -0.1) is 11.3 Å². The van der Waals surface area contributed by atoms with Crippen LogP contribution < -0.4 is 16.4 Å². The molecule has 2 aromatic rings. The number of rotatable bonds is 23. The lowest BCUT2D eigenvalue weighted by Crippen LogP contribution is -2.55. The minimum absolute atomic E-state index is 0.000283. The predicted molar refractivity (Wildman–Crippen MR) is 217 cm³/mol. The molecule has 308 valence electrons. The fourth-order valence-electron chi connectivity index (χ4n) is 7.97. The molecule has 13 nitrogen and oxygen atoms in total. The maximum atomic E-state index is 14.2.